The summed E-state index contributed by atoms with van der Waals surface area (Å²) in [4.78, 5) is 0. The molecule has 3 nitrogen and oxygen atoms in total. The van der Waals surface area contributed by atoms with Crippen LogP contribution < -0.4 is 5.32 Å². The minimum atomic E-state index is -4.47. The van der Waals surface area contributed by atoms with Gasteiger partial charge in [0.1, 0.15) is 11.7 Å². The summed E-state index contributed by atoms with van der Waals surface area (Å²) in [6, 6.07) is 14.1. The third kappa shape index (κ3) is 3.86. The number of hydrogen-bond acceptors (Lipinski definition) is 3. The standard InChI is InChI=1S/C19H20F3NO2/c20-19(21,22)16-9-5-4-6-14(16)12-18(24,15-7-2-1-3-8-15)17-13-23-10-11-25-17/h1-9,17,23-24H,10-13H2/t17-,18+/m0/s1. The van der Waals surface area contributed by atoms with Crippen molar-refractivity contribution < 1.29 is 23.0 Å². The van der Waals surface area contributed by atoms with E-state index in [-0.39, 0.29) is 12.0 Å². The number of nitrogens with one attached hydrogen (secondary N) is 1. The minimum absolute atomic E-state index is 0.0514. The van der Waals surface area contributed by atoms with E-state index in [9.17, 15) is 18.3 Å². The van der Waals surface area contributed by atoms with Crippen molar-refractivity contribution in [2.75, 3.05) is 19.7 Å². The maximum absolute atomic E-state index is 13.3. The van der Waals surface area contributed by atoms with Crippen molar-refractivity contribution in [1.29, 1.82) is 0 Å². The first-order valence-corrected chi connectivity index (χ1v) is 8.16. The highest BCUT2D eigenvalue weighted by Gasteiger charge is 2.43. The molecule has 1 heterocycles. The first-order valence-electron chi connectivity index (χ1n) is 8.16. The van der Waals surface area contributed by atoms with Crippen molar-refractivity contribution in [3.8, 4) is 0 Å². The van der Waals surface area contributed by atoms with E-state index in [4.69, 9.17) is 4.74 Å². The van der Waals surface area contributed by atoms with Crippen LogP contribution in [-0.4, -0.2) is 30.9 Å². The van der Waals surface area contributed by atoms with E-state index in [2.05, 4.69) is 5.32 Å². The molecule has 0 aliphatic carbocycles. The Hall–Kier alpha value is -1.89. The van der Waals surface area contributed by atoms with Crippen LogP contribution >= 0.6 is 0 Å². The molecule has 2 aromatic rings. The first kappa shape index (κ1) is 17.9. The van der Waals surface area contributed by atoms with Crippen molar-refractivity contribution in [2.24, 2.45) is 0 Å². The lowest BCUT2D eigenvalue weighted by Gasteiger charge is -2.39. The van der Waals surface area contributed by atoms with Crippen LogP contribution in [0, 0.1) is 0 Å². The molecule has 1 fully saturated rings. The van der Waals surface area contributed by atoms with Gasteiger partial charge >= 0.3 is 6.18 Å². The smallest absolute Gasteiger partial charge is 0.382 e. The summed E-state index contributed by atoms with van der Waals surface area (Å²) in [5.74, 6) is 0. The van der Waals surface area contributed by atoms with E-state index in [0.29, 0.717) is 25.3 Å². The number of rotatable bonds is 4. The van der Waals surface area contributed by atoms with Crippen LogP contribution in [0.15, 0.2) is 54.6 Å². The second-order valence-electron chi connectivity index (χ2n) is 6.19. The predicted octanol–water partition coefficient (Wildman–Crippen LogP) is 3.12. The lowest BCUT2D eigenvalue weighted by Crippen LogP contribution is -2.52. The average Bonchev–Trinajstić information content (AvgIpc) is 2.63. The van der Waals surface area contributed by atoms with Crippen molar-refractivity contribution >= 4 is 0 Å². The number of alkyl halides is 3. The van der Waals surface area contributed by atoms with Crippen molar-refractivity contribution in [3.05, 3.63) is 71.3 Å². The maximum Gasteiger partial charge on any atom is 0.416 e. The molecule has 0 amide bonds. The fourth-order valence-electron chi connectivity index (χ4n) is 3.24. The Balaban J connectivity index is 2.02. The Morgan fingerprint density at radius 3 is 2.36 bits per heavy atom. The van der Waals surface area contributed by atoms with E-state index >= 15 is 0 Å². The van der Waals surface area contributed by atoms with E-state index in [1.807, 2.05) is 0 Å². The number of ether oxygens (including phenoxy) is 1. The molecule has 1 aliphatic heterocycles. The van der Waals surface area contributed by atoms with Gasteiger partial charge in [0, 0.05) is 19.5 Å². The second kappa shape index (κ2) is 7.15. The molecule has 0 unspecified atom stereocenters. The van der Waals surface area contributed by atoms with Gasteiger partial charge in [-0.1, -0.05) is 48.5 Å². The van der Waals surface area contributed by atoms with Gasteiger partial charge in [-0.2, -0.15) is 13.2 Å². The fraction of sp³-hybridized carbons (Fsp3) is 0.368. The zero-order chi connectivity index (χ0) is 17.9. The highest BCUT2D eigenvalue weighted by atomic mass is 19.4. The fourth-order valence-corrected chi connectivity index (χ4v) is 3.24. The normalized spacial score (nSPS) is 20.9. The topological polar surface area (TPSA) is 41.5 Å². The van der Waals surface area contributed by atoms with Crippen LogP contribution in [-0.2, 0) is 22.9 Å². The van der Waals surface area contributed by atoms with Gasteiger partial charge in [0.05, 0.1) is 12.2 Å². The van der Waals surface area contributed by atoms with E-state index in [1.54, 1.807) is 36.4 Å². The Bertz CT molecular complexity index is 699. The maximum atomic E-state index is 13.3. The molecular weight excluding hydrogens is 331 g/mol. The minimum Gasteiger partial charge on any atom is -0.382 e. The zero-order valence-corrected chi connectivity index (χ0v) is 13.6. The summed E-state index contributed by atoms with van der Waals surface area (Å²) in [6.45, 7) is 1.43. The molecule has 134 valence electrons. The van der Waals surface area contributed by atoms with Crippen molar-refractivity contribution in [2.45, 2.75) is 24.3 Å². The highest BCUT2D eigenvalue weighted by molar-refractivity contribution is 5.34. The van der Waals surface area contributed by atoms with E-state index in [0.717, 1.165) is 6.07 Å². The van der Waals surface area contributed by atoms with Crippen molar-refractivity contribution in [3.63, 3.8) is 0 Å². The summed E-state index contributed by atoms with van der Waals surface area (Å²) < 4.78 is 45.7. The largest absolute Gasteiger partial charge is 0.416 e. The SMILES string of the molecule is O[C@](Cc1ccccc1C(F)(F)F)(c1ccccc1)[C@@H]1CNCCO1. The predicted molar refractivity (Wildman–Crippen MR) is 88.1 cm³/mol. The molecule has 0 bridgehead atoms. The molecule has 2 atom stereocenters. The molecule has 1 aliphatic rings. The molecule has 1 saturated heterocycles. The summed E-state index contributed by atoms with van der Waals surface area (Å²) in [6.07, 6.45) is -5.29. The highest BCUT2D eigenvalue weighted by Crippen LogP contribution is 2.37. The molecule has 0 saturated carbocycles. The number of morpholine rings is 1. The van der Waals surface area contributed by atoms with Gasteiger partial charge < -0.3 is 15.2 Å². The molecule has 2 aromatic carbocycles. The number of hydrogen-bond donors (Lipinski definition) is 2. The number of benzene rings is 2. The molecule has 0 aromatic heterocycles. The van der Waals surface area contributed by atoms with Crippen LogP contribution in [0.25, 0.3) is 0 Å². The molecule has 6 heteroatoms. The van der Waals surface area contributed by atoms with Gasteiger partial charge in [0.15, 0.2) is 0 Å². The zero-order valence-electron chi connectivity index (χ0n) is 13.6. The van der Waals surface area contributed by atoms with E-state index in [1.165, 1.54) is 12.1 Å². The van der Waals surface area contributed by atoms with Gasteiger partial charge in [0.25, 0.3) is 0 Å². The summed E-state index contributed by atoms with van der Waals surface area (Å²) >= 11 is 0. The number of aliphatic hydroxyl groups is 1. The van der Waals surface area contributed by atoms with E-state index < -0.39 is 23.4 Å². The lowest BCUT2D eigenvalue weighted by molar-refractivity contribution is -0.141. The molecule has 25 heavy (non-hydrogen) atoms. The summed E-state index contributed by atoms with van der Waals surface area (Å²) in [5, 5.41) is 14.6. The monoisotopic (exact) mass is 351 g/mol. The Labute approximate surface area is 144 Å². The second-order valence-corrected chi connectivity index (χ2v) is 6.19. The third-order valence-electron chi connectivity index (χ3n) is 4.52. The van der Waals surface area contributed by atoms with Crippen LogP contribution in [0.1, 0.15) is 16.7 Å². The molecular formula is C19H20F3NO2. The molecule has 2 N–H and O–H groups in total. The molecule has 3 rings (SSSR count). The molecule has 0 spiro atoms. The lowest BCUT2D eigenvalue weighted by atomic mass is 9.81. The Morgan fingerprint density at radius 1 is 1.04 bits per heavy atom. The van der Waals surface area contributed by atoms with Crippen LogP contribution in [0.4, 0.5) is 13.2 Å². The van der Waals surface area contributed by atoms with Crippen LogP contribution in [0.5, 0.6) is 0 Å². The first-order chi connectivity index (χ1) is 11.9. The Morgan fingerprint density at radius 2 is 1.72 bits per heavy atom. The summed E-state index contributed by atoms with van der Waals surface area (Å²) in [7, 11) is 0. The van der Waals surface area contributed by atoms with Gasteiger partial charge in [-0.05, 0) is 17.2 Å². The summed E-state index contributed by atoms with van der Waals surface area (Å²) in [5.41, 5.74) is -1.69. The van der Waals surface area contributed by atoms with Crippen LogP contribution in [0.2, 0.25) is 0 Å². The molecule has 0 radical (unpaired) electrons. The number of halogens is 3. The van der Waals surface area contributed by atoms with Gasteiger partial charge in [-0.3, -0.25) is 0 Å². The average molecular weight is 351 g/mol. The quantitative estimate of drug-likeness (QED) is 0.889. The van der Waals surface area contributed by atoms with Gasteiger partial charge in [-0.15, -0.1) is 0 Å². The van der Waals surface area contributed by atoms with Crippen molar-refractivity contribution in [1.82, 2.24) is 5.32 Å². The van der Waals surface area contributed by atoms with Gasteiger partial charge in [-0.25, -0.2) is 0 Å². The van der Waals surface area contributed by atoms with Crippen LogP contribution in [0.3, 0.4) is 0 Å². The third-order valence-corrected chi connectivity index (χ3v) is 4.52. The Kier molecular flexibility index (Phi) is 5.13. The van der Waals surface area contributed by atoms with Gasteiger partial charge in [0.2, 0.25) is 0 Å².